The van der Waals surface area contributed by atoms with E-state index in [0.29, 0.717) is 11.6 Å². The summed E-state index contributed by atoms with van der Waals surface area (Å²) >= 11 is 0. The summed E-state index contributed by atoms with van der Waals surface area (Å²) in [7, 11) is 0. The smallest absolute Gasteiger partial charge is 0.150 e. The summed E-state index contributed by atoms with van der Waals surface area (Å²) < 4.78 is 0. The van der Waals surface area contributed by atoms with Gasteiger partial charge in [-0.2, -0.15) is 5.10 Å². The van der Waals surface area contributed by atoms with E-state index in [1.807, 2.05) is 32.0 Å². The van der Waals surface area contributed by atoms with E-state index in [1.165, 1.54) is 5.56 Å². The van der Waals surface area contributed by atoms with Crippen molar-refractivity contribution in [3.05, 3.63) is 71.8 Å². The van der Waals surface area contributed by atoms with Gasteiger partial charge in [-0.05, 0) is 38.5 Å². The molecule has 2 aromatic heterocycles. The molecule has 120 valence electrons. The average molecular weight is 317 g/mol. The molecule has 24 heavy (non-hydrogen) atoms. The standard InChI is InChI=1S/C19H19N5/c1-13-6-8-16(9-7-13)14(2)23-24-19-11-18(21-15(3)22-19)17-5-4-10-20-12-17/h4-12H,1-3H3,(H,21,22,24). The second-order valence-electron chi connectivity index (χ2n) is 5.60. The van der Waals surface area contributed by atoms with Gasteiger partial charge in [-0.1, -0.05) is 29.8 Å². The third-order valence-electron chi connectivity index (χ3n) is 3.60. The second kappa shape index (κ2) is 7.00. The lowest BCUT2D eigenvalue weighted by Gasteiger charge is -2.07. The normalized spacial score (nSPS) is 11.4. The van der Waals surface area contributed by atoms with Crippen molar-refractivity contribution in [3.63, 3.8) is 0 Å². The Morgan fingerprint density at radius 1 is 1.04 bits per heavy atom. The van der Waals surface area contributed by atoms with E-state index in [4.69, 9.17) is 0 Å². The Hall–Kier alpha value is -3.08. The molecule has 0 spiro atoms. The molecule has 0 fully saturated rings. The molecule has 5 heteroatoms. The molecule has 0 amide bonds. The number of aryl methyl sites for hydroxylation is 2. The van der Waals surface area contributed by atoms with Crippen molar-refractivity contribution in [1.29, 1.82) is 0 Å². The van der Waals surface area contributed by atoms with Crippen molar-refractivity contribution in [2.75, 3.05) is 5.43 Å². The minimum absolute atomic E-state index is 0.660. The number of pyridine rings is 1. The van der Waals surface area contributed by atoms with Crippen LogP contribution < -0.4 is 5.43 Å². The lowest BCUT2D eigenvalue weighted by molar-refractivity contribution is 1.05. The number of hydrazone groups is 1. The highest BCUT2D eigenvalue weighted by molar-refractivity contribution is 5.99. The predicted octanol–water partition coefficient (Wildman–Crippen LogP) is 3.99. The molecule has 0 aliphatic rings. The van der Waals surface area contributed by atoms with Crippen molar-refractivity contribution in [2.24, 2.45) is 5.10 Å². The number of benzene rings is 1. The summed E-state index contributed by atoms with van der Waals surface area (Å²) in [5.41, 5.74) is 8.00. The van der Waals surface area contributed by atoms with Gasteiger partial charge in [0.1, 0.15) is 5.82 Å². The van der Waals surface area contributed by atoms with Gasteiger partial charge in [0.05, 0.1) is 11.4 Å². The lowest BCUT2D eigenvalue weighted by Crippen LogP contribution is -2.03. The van der Waals surface area contributed by atoms with Gasteiger partial charge in [-0.25, -0.2) is 9.97 Å². The van der Waals surface area contributed by atoms with Crippen LogP contribution in [0.4, 0.5) is 5.82 Å². The highest BCUT2D eigenvalue weighted by atomic mass is 15.3. The van der Waals surface area contributed by atoms with Crippen LogP contribution in [0.15, 0.2) is 60.0 Å². The fourth-order valence-electron chi connectivity index (χ4n) is 2.29. The number of nitrogens with zero attached hydrogens (tertiary/aromatic N) is 4. The van der Waals surface area contributed by atoms with Gasteiger partial charge < -0.3 is 0 Å². The first-order valence-electron chi connectivity index (χ1n) is 7.75. The molecule has 0 aliphatic heterocycles. The molecular weight excluding hydrogens is 298 g/mol. The van der Waals surface area contributed by atoms with Crippen molar-refractivity contribution < 1.29 is 0 Å². The number of aromatic nitrogens is 3. The van der Waals surface area contributed by atoms with Crippen LogP contribution >= 0.6 is 0 Å². The Kier molecular flexibility index (Phi) is 4.61. The first-order valence-corrected chi connectivity index (χ1v) is 7.75. The van der Waals surface area contributed by atoms with E-state index < -0.39 is 0 Å². The van der Waals surface area contributed by atoms with Crippen LogP contribution in [0.5, 0.6) is 0 Å². The molecule has 0 bridgehead atoms. The van der Waals surface area contributed by atoms with Crippen LogP contribution in [0.2, 0.25) is 0 Å². The quantitative estimate of drug-likeness (QED) is 0.584. The first kappa shape index (κ1) is 15.8. The van der Waals surface area contributed by atoms with Crippen LogP contribution in [0.3, 0.4) is 0 Å². The van der Waals surface area contributed by atoms with Gasteiger partial charge in [0.15, 0.2) is 5.82 Å². The van der Waals surface area contributed by atoms with Gasteiger partial charge in [0.25, 0.3) is 0 Å². The molecule has 0 unspecified atom stereocenters. The zero-order valence-corrected chi connectivity index (χ0v) is 14.0. The Morgan fingerprint density at radius 2 is 1.83 bits per heavy atom. The topological polar surface area (TPSA) is 63.1 Å². The number of hydrogen-bond acceptors (Lipinski definition) is 5. The van der Waals surface area contributed by atoms with Crippen LogP contribution in [-0.4, -0.2) is 20.7 Å². The molecule has 1 aromatic carbocycles. The maximum absolute atomic E-state index is 4.46. The average Bonchev–Trinajstić information content (AvgIpc) is 2.60. The Labute approximate surface area is 141 Å². The monoisotopic (exact) mass is 317 g/mol. The number of hydrogen-bond donors (Lipinski definition) is 1. The minimum Gasteiger partial charge on any atom is -0.264 e. The maximum Gasteiger partial charge on any atom is 0.150 e. The van der Waals surface area contributed by atoms with Gasteiger partial charge in [0.2, 0.25) is 0 Å². The van der Waals surface area contributed by atoms with Crippen LogP contribution in [0, 0.1) is 13.8 Å². The molecule has 0 atom stereocenters. The molecule has 0 saturated heterocycles. The fourth-order valence-corrected chi connectivity index (χ4v) is 2.29. The number of anilines is 1. The number of nitrogens with one attached hydrogen (secondary N) is 1. The summed E-state index contributed by atoms with van der Waals surface area (Å²) in [4.78, 5) is 13.0. The molecule has 0 aliphatic carbocycles. The molecule has 3 aromatic rings. The van der Waals surface area contributed by atoms with Gasteiger partial charge >= 0.3 is 0 Å². The first-order chi connectivity index (χ1) is 11.6. The van der Waals surface area contributed by atoms with Crippen LogP contribution in [-0.2, 0) is 0 Å². The Bertz CT molecular complexity index is 855. The van der Waals surface area contributed by atoms with Crippen molar-refractivity contribution in [3.8, 4) is 11.3 Å². The SMILES string of the molecule is CC(=NNc1cc(-c2cccnc2)nc(C)n1)c1ccc(C)cc1. The van der Waals surface area contributed by atoms with Crippen molar-refractivity contribution >= 4 is 11.5 Å². The molecule has 0 radical (unpaired) electrons. The van der Waals surface area contributed by atoms with Crippen molar-refractivity contribution in [1.82, 2.24) is 15.0 Å². The Morgan fingerprint density at radius 3 is 2.54 bits per heavy atom. The van der Waals surface area contributed by atoms with E-state index in [1.54, 1.807) is 12.4 Å². The zero-order chi connectivity index (χ0) is 16.9. The minimum atomic E-state index is 0.660. The molecule has 1 N–H and O–H groups in total. The lowest BCUT2D eigenvalue weighted by atomic mass is 10.1. The van der Waals surface area contributed by atoms with Gasteiger partial charge in [-0.15, -0.1) is 0 Å². The summed E-state index contributed by atoms with van der Waals surface area (Å²) in [6.07, 6.45) is 3.53. The van der Waals surface area contributed by atoms with E-state index in [2.05, 4.69) is 56.7 Å². The number of rotatable bonds is 4. The van der Waals surface area contributed by atoms with E-state index in [0.717, 1.165) is 22.5 Å². The van der Waals surface area contributed by atoms with E-state index in [9.17, 15) is 0 Å². The summed E-state index contributed by atoms with van der Waals surface area (Å²) in [6.45, 7) is 5.90. The van der Waals surface area contributed by atoms with E-state index in [-0.39, 0.29) is 0 Å². The highest BCUT2D eigenvalue weighted by Crippen LogP contribution is 2.18. The maximum atomic E-state index is 4.46. The zero-order valence-electron chi connectivity index (χ0n) is 14.0. The summed E-state index contributed by atoms with van der Waals surface area (Å²) in [5.74, 6) is 1.34. The van der Waals surface area contributed by atoms with Gasteiger partial charge in [0, 0.05) is 24.0 Å². The molecule has 0 saturated carbocycles. The van der Waals surface area contributed by atoms with E-state index >= 15 is 0 Å². The van der Waals surface area contributed by atoms with Crippen molar-refractivity contribution in [2.45, 2.75) is 20.8 Å². The van der Waals surface area contributed by atoms with Crippen LogP contribution in [0.25, 0.3) is 11.3 Å². The third kappa shape index (κ3) is 3.81. The molecular formula is C19H19N5. The predicted molar refractivity (Wildman–Crippen MR) is 97.0 cm³/mol. The second-order valence-corrected chi connectivity index (χ2v) is 5.60. The highest BCUT2D eigenvalue weighted by Gasteiger charge is 2.04. The summed E-state index contributed by atoms with van der Waals surface area (Å²) in [5, 5.41) is 4.43. The molecule has 5 nitrogen and oxygen atoms in total. The van der Waals surface area contributed by atoms with Crippen LogP contribution in [0.1, 0.15) is 23.9 Å². The van der Waals surface area contributed by atoms with Gasteiger partial charge in [-0.3, -0.25) is 10.4 Å². The molecule has 3 rings (SSSR count). The molecule has 2 heterocycles. The Balaban J connectivity index is 1.84. The third-order valence-corrected chi connectivity index (χ3v) is 3.60. The largest absolute Gasteiger partial charge is 0.264 e. The summed E-state index contributed by atoms with van der Waals surface area (Å²) in [6, 6.07) is 14.0. The fraction of sp³-hybridized carbons (Fsp3) is 0.158.